The summed E-state index contributed by atoms with van der Waals surface area (Å²) >= 11 is 0. The van der Waals surface area contributed by atoms with E-state index in [1.807, 2.05) is 27.7 Å². The van der Waals surface area contributed by atoms with Gasteiger partial charge >= 0.3 is 5.97 Å². The third kappa shape index (κ3) is 10.0. The fourth-order valence-electron chi connectivity index (χ4n) is 1.49. The summed E-state index contributed by atoms with van der Waals surface area (Å²) in [5.41, 5.74) is -0.389. The van der Waals surface area contributed by atoms with E-state index in [-0.39, 0.29) is 23.3 Å². The first-order valence-corrected chi connectivity index (χ1v) is 6.44. The summed E-state index contributed by atoms with van der Waals surface area (Å²) in [7, 11) is 0. The van der Waals surface area contributed by atoms with Crippen LogP contribution in [0.1, 0.15) is 66.7 Å². The number of ether oxygens (including phenoxy) is 1. The number of ketones is 1. The van der Waals surface area contributed by atoms with Crippen LogP contribution in [0.3, 0.4) is 0 Å². The molecule has 0 aromatic heterocycles. The topological polar surface area (TPSA) is 43.4 Å². The van der Waals surface area contributed by atoms with Gasteiger partial charge in [0.2, 0.25) is 0 Å². The maximum atomic E-state index is 11.4. The molecule has 0 aliphatic rings. The molecule has 17 heavy (non-hydrogen) atoms. The summed E-state index contributed by atoms with van der Waals surface area (Å²) in [6.07, 6.45) is 4.23. The number of carbonyl (C=O) groups is 2. The minimum atomic E-state index is -0.389. The van der Waals surface area contributed by atoms with Crippen molar-refractivity contribution in [2.24, 2.45) is 5.92 Å². The number of Topliss-reactive ketones (excluding diaryl/α,β-unsaturated/α-hetero) is 1. The van der Waals surface area contributed by atoms with Gasteiger partial charge in [-0.15, -0.1) is 0 Å². The van der Waals surface area contributed by atoms with Crippen molar-refractivity contribution < 1.29 is 14.3 Å². The molecule has 0 rings (SSSR count). The van der Waals surface area contributed by atoms with E-state index in [1.54, 1.807) is 6.92 Å². The molecule has 3 nitrogen and oxygen atoms in total. The van der Waals surface area contributed by atoms with E-state index >= 15 is 0 Å². The summed E-state index contributed by atoms with van der Waals surface area (Å²) in [5, 5.41) is 0. The van der Waals surface area contributed by atoms with Gasteiger partial charge in [-0.2, -0.15) is 0 Å². The van der Waals surface area contributed by atoms with Crippen LogP contribution in [-0.4, -0.2) is 17.4 Å². The summed E-state index contributed by atoms with van der Waals surface area (Å²) in [6, 6.07) is 0. The summed E-state index contributed by atoms with van der Waals surface area (Å²) in [4.78, 5) is 22.4. The second-order valence-corrected chi connectivity index (χ2v) is 5.70. The standard InChI is InChI=1S/C14H26O3/c1-11(12(2)15)9-7-6-8-10-13(16)17-14(3,4)5/h11H,6-10H2,1-5H3. The minimum Gasteiger partial charge on any atom is -0.460 e. The Morgan fingerprint density at radius 3 is 2.18 bits per heavy atom. The zero-order valence-corrected chi connectivity index (χ0v) is 11.8. The van der Waals surface area contributed by atoms with Crippen LogP contribution < -0.4 is 0 Å². The molecule has 1 unspecified atom stereocenters. The third-order valence-corrected chi connectivity index (χ3v) is 2.63. The maximum Gasteiger partial charge on any atom is 0.306 e. The van der Waals surface area contributed by atoms with Crippen LogP contribution >= 0.6 is 0 Å². The fourth-order valence-corrected chi connectivity index (χ4v) is 1.49. The highest BCUT2D eigenvalue weighted by atomic mass is 16.6. The Morgan fingerprint density at radius 2 is 1.71 bits per heavy atom. The van der Waals surface area contributed by atoms with Crippen molar-refractivity contribution in [2.75, 3.05) is 0 Å². The first-order valence-electron chi connectivity index (χ1n) is 6.44. The number of hydrogen-bond acceptors (Lipinski definition) is 3. The van der Waals surface area contributed by atoms with Crippen LogP contribution in [0, 0.1) is 5.92 Å². The van der Waals surface area contributed by atoms with Crippen molar-refractivity contribution in [2.45, 2.75) is 72.3 Å². The summed E-state index contributed by atoms with van der Waals surface area (Å²) in [6.45, 7) is 9.21. The molecule has 0 aromatic rings. The van der Waals surface area contributed by atoms with E-state index in [9.17, 15) is 9.59 Å². The predicted molar refractivity (Wildman–Crippen MR) is 68.8 cm³/mol. The number of esters is 1. The van der Waals surface area contributed by atoms with Gasteiger partial charge in [0.1, 0.15) is 11.4 Å². The van der Waals surface area contributed by atoms with Gasteiger partial charge in [0.15, 0.2) is 0 Å². The molecular formula is C14H26O3. The molecule has 0 saturated heterocycles. The Morgan fingerprint density at radius 1 is 1.12 bits per heavy atom. The van der Waals surface area contributed by atoms with Gasteiger partial charge in [-0.1, -0.05) is 19.8 Å². The van der Waals surface area contributed by atoms with Gasteiger partial charge in [0.05, 0.1) is 0 Å². The monoisotopic (exact) mass is 242 g/mol. The van der Waals surface area contributed by atoms with Crippen molar-refractivity contribution in [1.82, 2.24) is 0 Å². The predicted octanol–water partition coefficient (Wildman–Crippen LogP) is 3.50. The van der Waals surface area contributed by atoms with Gasteiger partial charge < -0.3 is 4.74 Å². The molecule has 0 radical (unpaired) electrons. The van der Waals surface area contributed by atoms with Crippen molar-refractivity contribution in [3.8, 4) is 0 Å². The largest absolute Gasteiger partial charge is 0.460 e. The first-order chi connectivity index (χ1) is 7.72. The van der Waals surface area contributed by atoms with E-state index in [4.69, 9.17) is 4.74 Å². The van der Waals surface area contributed by atoms with E-state index in [0.717, 1.165) is 25.7 Å². The Kier molecular flexibility index (Phi) is 7.09. The van der Waals surface area contributed by atoms with Crippen molar-refractivity contribution in [3.05, 3.63) is 0 Å². The van der Waals surface area contributed by atoms with Crippen molar-refractivity contribution in [1.29, 1.82) is 0 Å². The quantitative estimate of drug-likeness (QED) is 0.507. The van der Waals surface area contributed by atoms with Gasteiger partial charge in [0.25, 0.3) is 0 Å². The van der Waals surface area contributed by atoms with E-state index in [1.165, 1.54) is 0 Å². The molecule has 0 amide bonds. The van der Waals surface area contributed by atoms with Crippen LogP contribution in [0.15, 0.2) is 0 Å². The molecular weight excluding hydrogens is 216 g/mol. The van der Waals surface area contributed by atoms with Crippen LogP contribution in [0.25, 0.3) is 0 Å². The Labute approximate surface area is 105 Å². The number of carbonyl (C=O) groups excluding carboxylic acids is 2. The zero-order valence-electron chi connectivity index (χ0n) is 11.8. The highest BCUT2D eigenvalue weighted by molar-refractivity contribution is 5.77. The molecule has 0 aliphatic heterocycles. The Balaban J connectivity index is 3.52. The molecule has 0 N–H and O–H groups in total. The molecule has 1 atom stereocenters. The number of rotatable bonds is 7. The normalized spacial score (nSPS) is 13.2. The lowest BCUT2D eigenvalue weighted by atomic mass is 9.99. The van der Waals surface area contributed by atoms with E-state index < -0.39 is 0 Å². The van der Waals surface area contributed by atoms with E-state index in [2.05, 4.69) is 0 Å². The molecule has 0 aromatic carbocycles. The molecule has 0 heterocycles. The van der Waals surface area contributed by atoms with Gasteiger partial charge in [-0.05, 0) is 40.5 Å². The second kappa shape index (κ2) is 7.46. The molecule has 100 valence electrons. The lowest BCUT2D eigenvalue weighted by Crippen LogP contribution is -2.23. The molecule has 0 spiro atoms. The molecule has 0 saturated carbocycles. The number of unbranched alkanes of at least 4 members (excludes halogenated alkanes) is 2. The zero-order chi connectivity index (χ0) is 13.5. The Bertz CT molecular complexity index is 251. The lowest BCUT2D eigenvalue weighted by Gasteiger charge is -2.19. The summed E-state index contributed by atoms with van der Waals surface area (Å²) < 4.78 is 5.21. The molecule has 0 fully saturated rings. The third-order valence-electron chi connectivity index (χ3n) is 2.63. The lowest BCUT2D eigenvalue weighted by molar-refractivity contribution is -0.154. The SMILES string of the molecule is CC(=O)C(C)CCCCCC(=O)OC(C)(C)C. The van der Waals surface area contributed by atoms with Crippen molar-refractivity contribution in [3.63, 3.8) is 0 Å². The highest BCUT2D eigenvalue weighted by Gasteiger charge is 2.15. The van der Waals surface area contributed by atoms with Gasteiger partial charge in [0, 0.05) is 12.3 Å². The van der Waals surface area contributed by atoms with Crippen LogP contribution in [0.4, 0.5) is 0 Å². The minimum absolute atomic E-state index is 0.128. The Hall–Kier alpha value is -0.860. The average molecular weight is 242 g/mol. The maximum absolute atomic E-state index is 11.4. The van der Waals surface area contributed by atoms with Gasteiger partial charge in [-0.3, -0.25) is 9.59 Å². The fraction of sp³-hybridized carbons (Fsp3) is 0.857. The van der Waals surface area contributed by atoms with Crippen LogP contribution in [0.5, 0.6) is 0 Å². The average Bonchev–Trinajstić information content (AvgIpc) is 2.13. The second-order valence-electron chi connectivity index (χ2n) is 5.70. The smallest absolute Gasteiger partial charge is 0.306 e. The first kappa shape index (κ1) is 16.1. The molecule has 0 aliphatic carbocycles. The van der Waals surface area contributed by atoms with Crippen molar-refractivity contribution >= 4 is 11.8 Å². The molecule has 0 bridgehead atoms. The van der Waals surface area contributed by atoms with E-state index in [0.29, 0.717) is 6.42 Å². The summed E-state index contributed by atoms with van der Waals surface area (Å²) in [5.74, 6) is 0.269. The van der Waals surface area contributed by atoms with Crippen LogP contribution in [-0.2, 0) is 14.3 Å². The van der Waals surface area contributed by atoms with Gasteiger partial charge in [-0.25, -0.2) is 0 Å². The number of hydrogen-bond donors (Lipinski definition) is 0. The highest BCUT2D eigenvalue weighted by Crippen LogP contribution is 2.13. The van der Waals surface area contributed by atoms with Crippen LogP contribution in [0.2, 0.25) is 0 Å². The molecule has 3 heteroatoms.